The van der Waals surface area contributed by atoms with E-state index in [1.165, 1.54) is 10.9 Å². The number of hydrogen-bond donors (Lipinski definition) is 2. The van der Waals surface area contributed by atoms with Gasteiger partial charge in [0.2, 0.25) is 0 Å². The number of benzene rings is 1. The summed E-state index contributed by atoms with van der Waals surface area (Å²) in [6, 6.07) is 5.97. The molecule has 0 aliphatic carbocycles. The average Bonchev–Trinajstić information content (AvgIpc) is 2.60. The lowest BCUT2D eigenvalue weighted by molar-refractivity contribution is 0.553. The minimum Gasteiger partial charge on any atom is -0.361 e. The van der Waals surface area contributed by atoms with E-state index in [4.69, 9.17) is 11.6 Å². The van der Waals surface area contributed by atoms with Crippen molar-refractivity contribution in [3.63, 3.8) is 0 Å². The molecule has 0 aliphatic rings. The maximum Gasteiger partial charge on any atom is 0.0472 e. The fourth-order valence-corrected chi connectivity index (χ4v) is 1.97. The van der Waals surface area contributed by atoms with Crippen LogP contribution in [0.25, 0.3) is 10.9 Å². The van der Waals surface area contributed by atoms with E-state index in [0.717, 1.165) is 23.6 Å². The Kier molecular flexibility index (Phi) is 3.52. The summed E-state index contributed by atoms with van der Waals surface area (Å²) < 4.78 is 0. The maximum absolute atomic E-state index is 5.94. The standard InChI is InChI=1S/C13H17ClN2/c1-9(2)6-15-7-10-8-16-13-5-11(14)3-4-12(10)13/h3-5,8-9,15-16H,6-7H2,1-2H3. The third-order valence-electron chi connectivity index (χ3n) is 2.60. The monoisotopic (exact) mass is 236 g/mol. The van der Waals surface area contributed by atoms with E-state index >= 15 is 0 Å². The number of halogens is 1. The Morgan fingerprint density at radius 2 is 2.19 bits per heavy atom. The van der Waals surface area contributed by atoms with Crippen LogP contribution in [0.5, 0.6) is 0 Å². The summed E-state index contributed by atoms with van der Waals surface area (Å²) in [5, 5.41) is 5.47. The molecule has 2 N–H and O–H groups in total. The maximum atomic E-state index is 5.94. The van der Waals surface area contributed by atoms with Crippen LogP contribution in [0.15, 0.2) is 24.4 Å². The van der Waals surface area contributed by atoms with E-state index < -0.39 is 0 Å². The van der Waals surface area contributed by atoms with Gasteiger partial charge in [-0.25, -0.2) is 0 Å². The first-order valence-electron chi connectivity index (χ1n) is 5.63. The molecule has 2 aromatic rings. The van der Waals surface area contributed by atoms with Gasteiger partial charge in [0.25, 0.3) is 0 Å². The number of nitrogens with one attached hydrogen (secondary N) is 2. The van der Waals surface area contributed by atoms with Crippen LogP contribution in [-0.2, 0) is 6.54 Å². The number of H-pyrrole nitrogens is 1. The van der Waals surface area contributed by atoms with E-state index in [1.807, 2.05) is 18.3 Å². The van der Waals surface area contributed by atoms with Gasteiger partial charge in [0.15, 0.2) is 0 Å². The number of rotatable bonds is 4. The SMILES string of the molecule is CC(C)CNCc1c[nH]c2cc(Cl)ccc12. The highest BCUT2D eigenvalue weighted by atomic mass is 35.5. The Hall–Kier alpha value is -0.990. The minimum absolute atomic E-state index is 0.680. The van der Waals surface area contributed by atoms with Gasteiger partial charge in [0.1, 0.15) is 0 Å². The molecule has 2 nitrogen and oxygen atoms in total. The van der Waals surface area contributed by atoms with Crippen molar-refractivity contribution >= 4 is 22.5 Å². The predicted octanol–water partition coefficient (Wildman–Crippen LogP) is 3.57. The summed E-state index contributed by atoms with van der Waals surface area (Å²) in [5.41, 5.74) is 2.40. The number of aromatic amines is 1. The highest BCUT2D eigenvalue weighted by Crippen LogP contribution is 2.21. The molecule has 16 heavy (non-hydrogen) atoms. The molecule has 0 bridgehead atoms. The molecule has 0 unspecified atom stereocenters. The van der Waals surface area contributed by atoms with Crippen LogP contribution in [0.2, 0.25) is 5.02 Å². The zero-order chi connectivity index (χ0) is 11.5. The van der Waals surface area contributed by atoms with Crippen molar-refractivity contribution < 1.29 is 0 Å². The molecule has 0 fully saturated rings. The molecular formula is C13H17ClN2. The van der Waals surface area contributed by atoms with Crippen LogP contribution in [0.4, 0.5) is 0 Å². The van der Waals surface area contributed by atoms with Crippen LogP contribution in [0.1, 0.15) is 19.4 Å². The molecule has 1 aromatic heterocycles. The molecule has 0 spiro atoms. The number of fused-ring (bicyclic) bond motifs is 1. The van der Waals surface area contributed by atoms with Crippen LogP contribution in [0.3, 0.4) is 0 Å². The molecule has 0 radical (unpaired) electrons. The van der Waals surface area contributed by atoms with Crippen molar-refractivity contribution in [2.75, 3.05) is 6.54 Å². The second-order valence-corrected chi connectivity index (χ2v) is 4.97. The van der Waals surface area contributed by atoms with E-state index in [2.05, 4.69) is 30.2 Å². The van der Waals surface area contributed by atoms with E-state index in [1.54, 1.807) is 0 Å². The second-order valence-electron chi connectivity index (χ2n) is 4.53. The van der Waals surface area contributed by atoms with Gasteiger partial charge in [-0.15, -0.1) is 0 Å². The first-order valence-corrected chi connectivity index (χ1v) is 6.01. The van der Waals surface area contributed by atoms with Crippen molar-refractivity contribution in [3.05, 3.63) is 35.0 Å². The topological polar surface area (TPSA) is 27.8 Å². The minimum atomic E-state index is 0.680. The summed E-state index contributed by atoms with van der Waals surface area (Å²) in [4.78, 5) is 3.24. The molecule has 0 amide bonds. The first kappa shape index (κ1) is 11.5. The van der Waals surface area contributed by atoms with Gasteiger partial charge in [-0.05, 0) is 30.2 Å². The third kappa shape index (κ3) is 2.57. The molecule has 1 heterocycles. The number of hydrogen-bond acceptors (Lipinski definition) is 1. The fraction of sp³-hybridized carbons (Fsp3) is 0.385. The van der Waals surface area contributed by atoms with Crippen LogP contribution in [-0.4, -0.2) is 11.5 Å². The Morgan fingerprint density at radius 1 is 1.38 bits per heavy atom. The van der Waals surface area contributed by atoms with Gasteiger partial charge in [0, 0.05) is 28.7 Å². The van der Waals surface area contributed by atoms with Crippen molar-refractivity contribution in [1.82, 2.24) is 10.3 Å². The molecular weight excluding hydrogens is 220 g/mol. The zero-order valence-electron chi connectivity index (χ0n) is 9.68. The summed E-state index contributed by atoms with van der Waals surface area (Å²) >= 11 is 5.94. The lowest BCUT2D eigenvalue weighted by Crippen LogP contribution is -2.18. The summed E-state index contributed by atoms with van der Waals surface area (Å²) in [5.74, 6) is 0.680. The van der Waals surface area contributed by atoms with Crippen molar-refractivity contribution in [1.29, 1.82) is 0 Å². The Labute approximate surface area is 101 Å². The largest absolute Gasteiger partial charge is 0.361 e. The average molecular weight is 237 g/mol. The van der Waals surface area contributed by atoms with Crippen LogP contribution >= 0.6 is 11.6 Å². The molecule has 0 saturated heterocycles. The highest BCUT2D eigenvalue weighted by molar-refractivity contribution is 6.31. The van der Waals surface area contributed by atoms with Gasteiger partial charge in [-0.2, -0.15) is 0 Å². The smallest absolute Gasteiger partial charge is 0.0472 e. The molecule has 3 heteroatoms. The molecule has 0 atom stereocenters. The summed E-state index contributed by atoms with van der Waals surface area (Å²) in [6.07, 6.45) is 2.05. The molecule has 0 saturated carbocycles. The number of aromatic nitrogens is 1. The predicted molar refractivity (Wildman–Crippen MR) is 69.9 cm³/mol. The van der Waals surface area contributed by atoms with Gasteiger partial charge < -0.3 is 10.3 Å². The van der Waals surface area contributed by atoms with E-state index in [-0.39, 0.29) is 0 Å². The zero-order valence-corrected chi connectivity index (χ0v) is 10.4. The van der Waals surface area contributed by atoms with Gasteiger partial charge in [-0.1, -0.05) is 31.5 Å². The van der Waals surface area contributed by atoms with Gasteiger partial charge >= 0.3 is 0 Å². The Bertz CT molecular complexity index is 474. The molecule has 86 valence electrons. The molecule has 1 aromatic carbocycles. The fourth-order valence-electron chi connectivity index (χ4n) is 1.80. The van der Waals surface area contributed by atoms with Gasteiger partial charge in [-0.3, -0.25) is 0 Å². The van der Waals surface area contributed by atoms with Crippen molar-refractivity contribution in [2.24, 2.45) is 5.92 Å². The van der Waals surface area contributed by atoms with E-state index in [9.17, 15) is 0 Å². The Balaban J connectivity index is 2.13. The third-order valence-corrected chi connectivity index (χ3v) is 2.83. The second kappa shape index (κ2) is 4.89. The first-order chi connectivity index (χ1) is 7.66. The highest BCUT2D eigenvalue weighted by Gasteiger charge is 2.03. The molecule has 2 rings (SSSR count). The quantitative estimate of drug-likeness (QED) is 0.835. The van der Waals surface area contributed by atoms with Crippen molar-refractivity contribution in [2.45, 2.75) is 20.4 Å². The van der Waals surface area contributed by atoms with Gasteiger partial charge in [0.05, 0.1) is 0 Å². The van der Waals surface area contributed by atoms with Crippen LogP contribution < -0.4 is 5.32 Å². The lowest BCUT2D eigenvalue weighted by Gasteiger charge is -2.06. The van der Waals surface area contributed by atoms with Crippen molar-refractivity contribution in [3.8, 4) is 0 Å². The summed E-state index contributed by atoms with van der Waals surface area (Å²) in [7, 11) is 0. The normalized spacial score (nSPS) is 11.5. The lowest BCUT2D eigenvalue weighted by atomic mass is 10.1. The van der Waals surface area contributed by atoms with E-state index in [0.29, 0.717) is 5.92 Å². The molecule has 0 aliphatic heterocycles. The summed E-state index contributed by atoms with van der Waals surface area (Å²) in [6.45, 7) is 6.37. The Morgan fingerprint density at radius 3 is 2.94 bits per heavy atom. The van der Waals surface area contributed by atoms with Crippen LogP contribution in [0, 0.1) is 5.92 Å².